The van der Waals surface area contributed by atoms with Gasteiger partial charge in [0.25, 0.3) is 0 Å². The summed E-state index contributed by atoms with van der Waals surface area (Å²) in [6.45, 7) is 7.13. The molecule has 1 aliphatic rings. The number of carboxylic acids is 1. The first-order valence-corrected chi connectivity index (χ1v) is 6.32. The third-order valence-corrected chi connectivity index (χ3v) is 3.65. The highest BCUT2D eigenvalue weighted by Gasteiger charge is 2.26. The average molecular weight is 249 g/mol. The summed E-state index contributed by atoms with van der Waals surface area (Å²) in [4.78, 5) is 21.2. The normalized spacial score (nSPS) is 20.5. The van der Waals surface area contributed by atoms with Gasteiger partial charge in [0.15, 0.2) is 0 Å². The van der Waals surface area contributed by atoms with Gasteiger partial charge in [0.1, 0.15) is 11.9 Å². The van der Waals surface area contributed by atoms with E-state index < -0.39 is 5.97 Å². The second-order valence-corrected chi connectivity index (χ2v) is 5.22. The predicted octanol–water partition coefficient (Wildman–Crippen LogP) is 1.65. The van der Waals surface area contributed by atoms with Gasteiger partial charge in [0.05, 0.1) is 5.69 Å². The number of likely N-dealkylation sites (tertiary alicyclic amines) is 1. The van der Waals surface area contributed by atoms with E-state index in [1.807, 2.05) is 0 Å². The largest absolute Gasteiger partial charge is 0.478 e. The number of hydrogen-bond donors (Lipinski definition) is 1. The molecular weight excluding hydrogens is 230 g/mol. The average Bonchev–Trinajstić information content (AvgIpc) is 2.78. The van der Waals surface area contributed by atoms with E-state index in [9.17, 15) is 4.79 Å². The maximum atomic E-state index is 11.1. The van der Waals surface area contributed by atoms with Crippen LogP contribution in [0.3, 0.4) is 0 Å². The molecule has 1 atom stereocenters. The second-order valence-electron chi connectivity index (χ2n) is 5.22. The van der Waals surface area contributed by atoms with Crippen LogP contribution in [0.25, 0.3) is 0 Å². The van der Waals surface area contributed by atoms with E-state index in [2.05, 4.69) is 28.7 Å². The van der Waals surface area contributed by atoms with Gasteiger partial charge in [0.2, 0.25) is 0 Å². The van der Waals surface area contributed by atoms with E-state index in [0.717, 1.165) is 13.1 Å². The molecule has 5 nitrogen and oxygen atoms in total. The fourth-order valence-electron chi connectivity index (χ4n) is 2.42. The molecule has 98 valence electrons. The lowest BCUT2D eigenvalue weighted by Gasteiger charge is -2.17. The zero-order chi connectivity index (χ0) is 13.1. The van der Waals surface area contributed by atoms with E-state index >= 15 is 0 Å². The molecule has 1 aliphatic heterocycles. The molecular formula is C13H19N3O2. The molecule has 1 unspecified atom stereocenters. The van der Waals surface area contributed by atoms with Gasteiger partial charge in [-0.05, 0) is 24.8 Å². The minimum absolute atomic E-state index is 0.213. The number of carbonyl (C=O) groups is 1. The van der Waals surface area contributed by atoms with Gasteiger partial charge in [-0.25, -0.2) is 14.8 Å². The first kappa shape index (κ1) is 13.0. The second kappa shape index (κ2) is 5.44. The maximum absolute atomic E-state index is 11.1. The zero-order valence-electron chi connectivity index (χ0n) is 10.8. The Bertz CT molecular complexity index is 434. The van der Waals surface area contributed by atoms with E-state index in [-0.39, 0.29) is 5.56 Å². The highest BCUT2D eigenvalue weighted by atomic mass is 16.4. The standard InChI is InChI=1S/C13H19N3O2/c1-9(2)10-3-4-16(6-10)7-12-11(13(17)18)5-14-8-15-12/h5,8-10H,3-4,6-7H2,1-2H3,(H,17,18). The van der Waals surface area contributed by atoms with Crippen molar-refractivity contribution >= 4 is 5.97 Å². The number of carboxylic acid groups (broad SMARTS) is 1. The van der Waals surface area contributed by atoms with E-state index in [0.29, 0.717) is 24.1 Å². The van der Waals surface area contributed by atoms with Crippen molar-refractivity contribution in [1.82, 2.24) is 14.9 Å². The molecule has 1 aromatic heterocycles. The number of nitrogens with zero attached hydrogens (tertiary/aromatic N) is 3. The lowest BCUT2D eigenvalue weighted by molar-refractivity contribution is 0.0693. The van der Waals surface area contributed by atoms with Crippen molar-refractivity contribution in [2.75, 3.05) is 13.1 Å². The van der Waals surface area contributed by atoms with Crippen molar-refractivity contribution < 1.29 is 9.90 Å². The van der Waals surface area contributed by atoms with Crippen LogP contribution in [0.15, 0.2) is 12.5 Å². The number of rotatable bonds is 4. The summed E-state index contributed by atoms with van der Waals surface area (Å²) >= 11 is 0. The van der Waals surface area contributed by atoms with Crippen LogP contribution in [0.5, 0.6) is 0 Å². The molecule has 0 bridgehead atoms. The SMILES string of the molecule is CC(C)C1CCN(Cc2ncncc2C(=O)O)C1. The van der Waals surface area contributed by atoms with Gasteiger partial charge in [-0.2, -0.15) is 0 Å². The van der Waals surface area contributed by atoms with Gasteiger partial charge in [-0.1, -0.05) is 13.8 Å². The molecule has 0 aromatic carbocycles. The Morgan fingerprint density at radius 2 is 2.39 bits per heavy atom. The molecule has 0 saturated carbocycles. The van der Waals surface area contributed by atoms with Crippen LogP contribution in [0.2, 0.25) is 0 Å². The minimum atomic E-state index is -0.954. The first-order chi connectivity index (χ1) is 8.58. The smallest absolute Gasteiger partial charge is 0.339 e. The van der Waals surface area contributed by atoms with E-state index in [1.54, 1.807) is 0 Å². The van der Waals surface area contributed by atoms with Crippen molar-refractivity contribution in [2.45, 2.75) is 26.8 Å². The van der Waals surface area contributed by atoms with Crippen molar-refractivity contribution in [2.24, 2.45) is 11.8 Å². The summed E-state index contributed by atoms with van der Waals surface area (Å²) in [5, 5.41) is 9.08. The molecule has 0 radical (unpaired) electrons. The van der Waals surface area contributed by atoms with E-state index in [1.165, 1.54) is 18.9 Å². The molecule has 1 aromatic rings. The van der Waals surface area contributed by atoms with E-state index in [4.69, 9.17) is 5.11 Å². The highest BCUT2D eigenvalue weighted by Crippen LogP contribution is 2.24. The number of hydrogen-bond acceptors (Lipinski definition) is 4. The first-order valence-electron chi connectivity index (χ1n) is 6.32. The highest BCUT2D eigenvalue weighted by molar-refractivity contribution is 5.88. The quantitative estimate of drug-likeness (QED) is 0.879. The molecule has 2 heterocycles. The molecule has 18 heavy (non-hydrogen) atoms. The Morgan fingerprint density at radius 3 is 3.00 bits per heavy atom. The summed E-state index contributed by atoms with van der Waals surface area (Å²) in [6.07, 6.45) is 3.98. The fourth-order valence-corrected chi connectivity index (χ4v) is 2.42. The van der Waals surface area contributed by atoms with Crippen molar-refractivity contribution in [3.05, 3.63) is 23.8 Å². The van der Waals surface area contributed by atoms with Gasteiger partial charge in [-0.15, -0.1) is 0 Å². The lowest BCUT2D eigenvalue weighted by Crippen LogP contribution is -2.23. The van der Waals surface area contributed by atoms with Crippen LogP contribution in [0.4, 0.5) is 0 Å². The monoisotopic (exact) mass is 249 g/mol. The van der Waals surface area contributed by atoms with Gasteiger partial charge >= 0.3 is 5.97 Å². The Hall–Kier alpha value is -1.49. The topological polar surface area (TPSA) is 66.3 Å². The third-order valence-electron chi connectivity index (χ3n) is 3.65. The Kier molecular flexibility index (Phi) is 3.91. The predicted molar refractivity (Wildman–Crippen MR) is 67.2 cm³/mol. The minimum Gasteiger partial charge on any atom is -0.478 e. The molecule has 0 aliphatic carbocycles. The van der Waals surface area contributed by atoms with Gasteiger partial charge < -0.3 is 5.11 Å². The van der Waals surface area contributed by atoms with Crippen LogP contribution in [0.1, 0.15) is 36.3 Å². The van der Waals surface area contributed by atoms with Crippen molar-refractivity contribution in [1.29, 1.82) is 0 Å². The molecule has 1 fully saturated rings. The van der Waals surface area contributed by atoms with Gasteiger partial charge in [0, 0.05) is 19.3 Å². The van der Waals surface area contributed by atoms with Gasteiger partial charge in [-0.3, -0.25) is 4.90 Å². The van der Waals surface area contributed by atoms with Crippen molar-refractivity contribution in [3.8, 4) is 0 Å². The summed E-state index contributed by atoms with van der Waals surface area (Å²) in [5.74, 6) is 0.435. The molecule has 0 amide bonds. The summed E-state index contributed by atoms with van der Waals surface area (Å²) in [5.41, 5.74) is 0.826. The van der Waals surface area contributed by atoms with Crippen LogP contribution in [-0.4, -0.2) is 39.0 Å². The maximum Gasteiger partial charge on any atom is 0.339 e. The van der Waals surface area contributed by atoms with Crippen molar-refractivity contribution in [3.63, 3.8) is 0 Å². The fraction of sp³-hybridized carbons (Fsp3) is 0.615. The Morgan fingerprint density at radius 1 is 1.61 bits per heavy atom. The lowest BCUT2D eigenvalue weighted by atomic mass is 9.95. The molecule has 5 heteroatoms. The molecule has 1 saturated heterocycles. The van der Waals surface area contributed by atoms with Crippen LogP contribution in [-0.2, 0) is 6.54 Å². The zero-order valence-corrected chi connectivity index (χ0v) is 10.8. The third kappa shape index (κ3) is 2.85. The van der Waals surface area contributed by atoms with Crippen LogP contribution < -0.4 is 0 Å². The summed E-state index contributed by atoms with van der Waals surface area (Å²) < 4.78 is 0. The molecule has 1 N–H and O–H groups in total. The summed E-state index contributed by atoms with van der Waals surface area (Å²) in [6, 6.07) is 0. The number of aromatic nitrogens is 2. The van der Waals surface area contributed by atoms with Crippen LogP contribution >= 0.6 is 0 Å². The van der Waals surface area contributed by atoms with Crippen LogP contribution in [0, 0.1) is 11.8 Å². The molecule has 2 rings (SSSR count). The Labute approximate surface area is 107 Å². The number of aromatic carboxylic acids is 1. The molecule has 0 spiro atoms. The summed E-state index contributed by atoms with van der Waals surface area (Å²) in [7, 11) is 0. The Balaban J connectivity index is 2.05.